The van der Waals surface area contributed by atoms with Crippen molar-refractivity contribution in [2.45, 2.75) is 103 Å². The van der Waals surface area contributed by atoms with Gasteiger partial charge in [-0.3, -0.25) is 0 Å². The number of hydrogen-bond donors (Lipinski definition) is 0. The van der Waals surface area contributed by atoms with Crippen molar-refractivity contribution in [1.29, 1.82) is 0 Å². The van der Waals surface area contributed by atoms with Crippen LogP contribution in [0.2, 0.25) is 0 Å². The van der Waals surface area contributed by atoms with Gasteiger partial charge in [0.2, 0.25) is 0 Å². The zero-order valence-electron chi connectivity index (χ0n) is 13.2. The highest BCUT2D eigenvalue weighted by Crippen LogP contribution is 2.27. The third-order valence-corrected chi connectivity index (χ3v) is 3.82. The van der Waals surface area contributed by atoms with Gasteiger partial charge in [-0.05, 0) is 80.1 Å². The van der Waals surface area contributed by atoms with E-state index in [2.05, 4.69) is 41.5 Å². The molecule has 2 heteroatoms. The molecule has 0 spiro atoms. The lowest BCUT2D eigenvalue weighted by atomic mass is 9.96. The van der Waals surface area contributed by atoms with Crippen LogP contribution in [0.1, 0.15) is 80.1 Å². The lowest BCUT2D eigenvalue weighted by molar-refractivity contribution is -0.0975. The minimum Gasteiger partial charge on any atom is -0.373 e. The summed E-state index contributed by atoms with van der Waals surface area (Å²) in [5, 5.41) is 0. The molecule has 0 bridgehead atoms. The smallest absolute Gasteiger partial charge is 0.0630 e. The quantitative estimate of drug-likeness (QED) is 0.625. The van der Waals surface area contributed by atoms with Crippen LogP contribution in [0.3, 0.4) is 0 Å². The van der Waals surface area contributed by atoms with E-state index in [1.54, 1.807) is 0 Å². The molecule has 1 saturated heterocycles. The summed E-state index contributed by atoms with van der Waals surface area (Å²) in [7, 11) is 0. The van der Waals surface area contributed by atoms with Gasteiger partial charge in [0.05, 0.1) is 23.4 Å². The molecule has 1 aliphatic rings. The van der Waals surface area contributed by atoms with Crippen molar-refractivity contribution < 1.29 is 9.47 Å². The van der Waals surface area contributed by atoms with E-state index in [0.29, 0.717) is 12.2 Å². The lowest BCUT2D eigenvalue weighted by Crippen LogP contribution is -2.33. The summed E-state index contributed by atoms with van der Waals surface area (Å²) < 4.78 is 12.3. The minimum atomic E-state index is 0.00779. The summed E-state index contributed by atoms with van der Waals surface area (Å²) in [5.74, 6) is 0. The highest BCUT2D eigenvalue weighted by molar-refractivity contribution is 4.76. The van der Waals surface area contributed by atoms with Crippen molar-refractivity contribution in [2.75, 3.05) is 0 Å². The highest BCUT2D eigenvalue weighted by atomic mass is 16.5. The Morgan fingerprint density at radius 3 is 1.39 bits per heavy atom. The predicted molar refractivity (Wildman–Crippen MR) is 77.0 cm³/mol. The molecule has 2 unspecified atom stereocenters. The number of ether oxygens (including phenoxy) is 2. The van der Waals surface area contributed by atoms with E-state index >= 15 is 0 Å². The second kappa shape index (κ2) is 6.38. The number of hydrogen-bond acceptors (Lipinski definition) is 2. The maximum Gasteiger partial charge on any atom is 0.0630 e. The maximum atomic E-state index is 6.17. The first kappa shape index (κ1) is 16.0. The third kappa shape index (κ3) is 6.19. The van der Waals surface area contributed by atoms with Crippen molar-refractivity contribution in [3.63, 3.8) is 0 Å². The molecule has 0 aromatic rings. The maximum absolute atomic E-state index is 6.17. The summed E-state index contributed by atoms with van der Waals surface area (Å²) in [6.45, 7) is 13.2. The molecule has 0 aliphatic carbocycles. The molecule has 0 radical (unpaired) electrons. The zero-order valence-corrected chi connectivity index (χ0v) is 13.2. The predicted octanol–water partition coefficient (Wildman–Crippen LogP) is 4.71. The fourth-order valence-corrected chi connectivity index (χ4v) is 2.96. The molecule has 18 heavy (non-hydrogen) atoms. The standard InChI is InChI=1S/C16H32O2/c1-13-9-7-11-16(5,6)18-14(2)10-8-12-15(3,4)17-13/h13-14H,7-12H2,1-6H3. The third-order valence-electron chi connectivity index (χ3n) is 3.82. The molecule has 1 rings (SSSR count). The van der Waals surface area contributed by atoms with Crippen LogP contribution < -0.4 is 0 Å². The molecular weight excluding hydrogens is 224 g/mol. The molecule has 0 N–H and O–H groups in total. The molecule has 108 valence electrons. The normalized spacial score (nSPS) is 34.3. The van der Waals surface area contributed by atoms with Crippen LogP contribution in [0.15, 0.2) is 0 Å². The van der Waals surface area contributed by atoms with Gasteiger partial charge in [-0.1, -0.05) is 0 Å². The van der Waals surface area contributed by atoms with Crippen LogP contribution in [0.25, 0.3) is 0 Å². The van der Waals surface area contributed by atoms with Gasteiger partial charge < -0.3 is 9.47 Å². The monoisotopic (exact) mass is 256 g/mol. The van der Waals surface area contributed by atoms with E-state index in [1.807, 2.05) is 0 Å². The Bertz CT molecular complexity index is 219. The average Bonchev–Trinajstić information content (AvgIpc) is 2.12. The van der Waals surface area contributed by atoms with Gasteiger partial charge in [0.15, 0.2) is 0 Å². The van der Waals surface area contributed by atoms with Gasteiger partial charge in [-0.15, -0.1) is 0 Å². The minimum absolute atomic E-state index is 0.00779. The number of rotatable bonds is 0. The molecule has 0 aromatic heterocycles. The summed E-state index contributed by atoms with van der Waals surface area (Å²) in [6.07, 6.45) is 7.56. The Hall–Kier alpha value is -0.0800. The van der Waals surface area contributed by atoms with Crippen LogP contribution in [0.4, 0.5) is 0 Å². The summed E-state index contributed by atoms with van der Waals surface area (Å²) >= 11 is 0. The van der Waals surface area contributed by atoms with Crippen LogP contribution in [-0.4, -0.2) is 23.4 Å². The van der Waals surface area contributed by atoms with Gasteiger partial charge in [-0.2, -0.15) is 0 Å². The molecule has 2 nitrogen and oxygen atoms in total. The molecule has 1 heterocycles. The summed E-state index contributed by atoms with van der Waals surface area (Å²) in [6, 6.07) is 0. The fourth-order valence-electron chi connectivity index (χ4n) is 2.96. The first-order valence-corrected chi connectivity index (χ1v) is 7.56. The van der Waals surface area contributed by atoms with Crippen molar-refractivity contribution in [2.24, 2.45) is 0 Å². The van der Waals surface area contributed by atoms with Gasteiger partial charge in [0.1, 0.15) is 0 Å². The van der Waals surface area contributed by atoms with E-state index < -0.39 is 0 Å². The molecule has 0 amide bonds. The van der Waals surface area contributed by atoms with Crippen LogP contribution in [0, 0.1) is 0 Å². The molecular formula is C16H32O2. The molecule has 0 aromatic carbocycles. The van der Waals surface area contributed by atoms with Crippen LogP contribution in [-0.2, 0) is 9.47 Å². The van der Waals surface area contributed by atoms with E-state index in [1.165, 1.54) is 12.8 Å². The lowest BCUT2D eigenvalue weighted by Gasteiger charge is -2.34. The van der Waals surface area contributed by atoms with Crippen LogP contribution in [0.5, 0.6) is 0 Å². The van der Waals surface area contributed by atoms with Gasteiger partial charge in [0, 0.05) is 0 Å². The van der Waals surface area contributed by atoms with E-state index in [9.17, 15) is 0 Å². The Kier molecular flexibility index (Phi) is 5.67. The van der Waals surface area contributed by atoms with Crippen molar-refractivity contribution in [1.82, 2.24) is 0 Å². The van der Waals surface area contributed by atoms with Gasteiger partial charge in [0.25, 0.3) is 0 Å². The molecule has 1 aliphatic heterocycles. The second-order valence-corrected chi connectivity index (χ2v) is 7.16. The Balaban J connectivity index is 2.60. The van der Waals surface area contributed by atoms with E-state index in [0.717, 1.165) is 25.7 Å². The topological polar surface area (TPSA) is 18.5 Å². The summed E-state index contributed by atoms with van der Waals surface area (Å²) in [4.78, 5) is 0. The molecule has 1 fully saturated rings. The SMILES string of the molecule is CC1CCCC(C)(C)OC(C)CCCC(C)(C)O1. The molecule has 2 atom stereocenters. The Morgan fingerprint density at radius 2 is 1.06 bits per heavy atom. The van der Waals surface area contributed by atoms with E-state index in [4.69, 9.17) is 9.47 Å². The second-order valence-electron chi connectivity index (χ2n) is 7.16. The van der Waals surface area contributed by atoms with Crippen molar-refractivity contribution in [3.8, 4) is 0 Å². The fraction of sp³-hybridized carbons (Fsp3) is 1.00. The highest BCUT2D eigenvalue weighted by Gasteiger charge is 2.26. The van der Waals surface area contributed by atoms with Gasteiger partial charge in [-0.25, -0.2) is 0 Å². The Morgan fingerprint density at radius 1 is 0.722 bits per heavy atom. The van der Waals surface area contributed by atoms with Gasteiger partial charge >= 0.3 is 0 Å². The zero-order chi connectivity index (χ0) is 13.8. The van der Waals surface area contributed by atoms with Crippen molar-refractivity contribution >= 4 is 0 Å². The summed E-state index contributed by atoms with van der Waals surface area (Å²) in [5.41, 5.74) is 0.0156. The van der Waals surface area contributed by atoms with Crippen molar-refractivity contribution in [3.05, 3.63) is 0 Å². The average molecular weight is 256 g/mol. The Labute approximate surface area is 113 Å². The largest absolute Gasteiger partial charge is 0.373 e. The van der Waals surface area contributed by atoms with E-state index in [-0.39, 0.29) is 11.2 Å². The first-order valence-electron chi connectivity index (χ1n) is 7.56. The van der Waals surface area contributed by atoms with Crippen LogP contribution >= 0.6 is 0 Å². The first-order chi connectivity index (χ1) is 8.20. The molecule has 0 saturated carbocycles.